The molecule has 0 amide bonds. The Kier molecular flexibility index (Phi) is 4.91. The second-order valence-electron chi connectivity index (χ2n) is 4.52. The Balaban J connectivity index is 2.02. The van der Waals surface area contributed by atoms with Crippen molar-refractivity contribution >= 4 is 33.0 Å². The molecular weight excluding hydrogens is 345 g/mol. The fraction of sp³-hybridized carbons (Fsp3) is 0.214. The molecule has 1 N–H and O–H groups in total. The first-order valence-corrected chi connectivity index (χ1v) is 7.56. The minimum Gasteiger partial charge on any atom is -0.507 e. The van der Waals surface area contributed by atoms with E-state index in [4.69, 9.17) is 0 Å². The summed E-state index contributed by atoms with van der Waals surface area (Å²) < 4.78 is 14.2. The highest BCUT2D eigenvalue weighted by atomic mass is 79.9. The molecule has 0 saturated carbocycles. The fourth-order valence-electron chi connectivity index (χ4n) is 1.86. The van der Waals surface area contributed by atoms with Gasteiger partial charge in [-0.2, -0.15) is 0 Å². The summed E-state index contributed by atoms with van der Waals surface area (Å²) in [4.78, 5) is 13.9. The Labute approximate surface area is 128 Å². The van der Waals surface area contributed by atoms with Gasteiger partial charge in [0, 0.05) is 6.54 Å². The predicted octanol–water partition coefficient (Wildman–Crippen LogP) is 3.67. The van der Waals surface area contributed by atoms with Crippen molar-refractivity contribution in [1.29, 1.82) is 0 Å². The number of hydrogen-bond donors (Lipinski definition) is 1. The molecule has 0 aliphatic rings. The standard InChI is InChI=1S/C14H13BrFNO2S/c1-17(6-9-4-14(15)20-8-9)7-13(19)11-5-10(16)2-3-12(11)18/h2-5,8,18H,6-7H2,1H3. The number of hydrogen-bond acceptors (Lipinski definition) is 4. The van der Waals surface area contributed by atoms with Crippen molar-refractivity contribution in [1.82, 2.24) is 4.90 Å². The Hall–Kier alpha value is -1.24. The van der Waals surface area contributed by atoms with Crippen molar-refractivity contribution in [2.45, 2.75) is 6.54 Å². The zero-order valence-corrected chi connectivity index (χ0v) is 13.2. The Morgan fingerprint density at radius 1 is 1.45 bits per heavy atom. The van der Waals surface area contributed by atoms with E-state index in [1.54, 1.807) is 18.4 Å². The maximum Gasteiger partial charge on any atom is 0.180 e. The molecule has 0 saturated heterocycles. The van der Waals surface area contributed by atoms with Crippen LogP contribution in [0, 0.1) is 5.82 Å². The van der Waals surface area contributed by atoms with Crippen LogP contribution in [0.2, 0.25) is 0 Å². The monoisotopic (exact) mass is 357 g/mol. The SMILES string of the molecule is CN(CC(=O)c1cc(F)ccc1O)Cc1csc(Br)c1. The zero-order valence-electron chi connectivity index (χ0n) is 10.8. The number of halogens is 2. The number of thiophene rings is 1. The van der Waals surface area contributed by atoms with Crippen LogP contribution in [0.1, 0.15) is 15.9 Å². The maximum atomic E-state index is 13.1. The minimum atomic E-state index is -0.532. The molecule has 0 unspecified atom stereocenters. The zero-order chi connectivity index (χ0) is 14.7. The molecule has 2 rings (SSSR count). The number of ketones is 1. The average Bonchev–Trinajstić information content (AvgIpc) is 2.77. The van der Waals surface area contributed by atoms with Gasteiger partial charge < -0.3 is 5.11 Å². The molecule has 1 heterocycles. The number of benzene rings is 1. The second kappa shape index (κ2) is 6.47. The number of Topliss-reactive ketones (excluding diaryl/α,β-unsaturated/α-hetero) is 1. The number of phenolic OH excluding ortho intramolecular Hbond substituents is 1. The van der Waals surface area contributed by atoms with E-state index in [2.05, 4.69) is 15.9 Å². The number of nitrogens with zero attached hydrogens (tertiary/aromatic N) is 1. The van der Waals surface area contributed by atoms with Crippen molar-refractivity contribution in [3.05, 3.63) is 50.4 Å². The summed E-state index contributed by atoms with van der Waals surface area (Å²) in [5, 5.41) is 11.6. The van der Waals surface area contributed by atoms with Crippen molar-refractivity contribution in [2.24, 2.45) is 0 Å². The molecule has 0 fully saturated rings. The molecule has 106 valence electrons. The summed E-state index contributed by atoms with van der Waals surface area (Å²) in [5.74, 6) is -1.03. The van der Waals surface area contributed by atoms with Gasteiger partial charge in [0.2, 0.25) is 0 Å². The Bertz CT molecular complexity index is 629. The summed E-state index contributed by atoms with van der Waals surface area (Å²) in [6.45, 7) is 0.731. The highest BCUT2D eigenvalue weighted by Gasteiger charge is 2.15. The molecule has 2 aromatic rings. The van der Waals surface area contributed by atoms with E-state index in [0.717, 1.165) is 21.5 Å². The molecule has 20 heavy (non-hydrogen) atoms. The van der Waals surface area contributed by atoms with Crippen LogP contribution >= 0.6 is 27.3 Å². The largest absolute Gasteiger partial charge is 0.507 e. The third-order valence-corrected chi connectivity index (χ3v) is 4.30. The van der Waals surface area contributed by atoms with Gasteiger partial charge in [-0.15, -0.1) is 11.3 Å². The van der Waals surface area contributed by atoms with E-state index in [9.17, 15) is 14.3 Å². The second-order valence-corrected chi connectivity index (χ2v) is 6.81. The average molecular weight is 358 g/mol. The topological polar surface area (TPSA) is 40.5 Å². The van der Waals surface area contributed by atoms with Crippen molar-refractivity contribution in [3.8, 4) is 5.75 Å². The van der Waals surface area contributed by atoms with Gasteiger partial charge in [-0.3, -0.25) is 9.69 Å². The van der Waals surface area contributed by atoms with Crippen molar-refractivity contribution in [3.63, 3.8) is 0 Å². The molecular formula is C14H13BrFNO2S. The molecule has 0 atom stereocenters. The molecule has 3 nitrogen and oxygen atoms in total. The van der Waals surface area contributed by atoms with Crippen LogP contribution in [-0.4, -0.2) is 29.4 Å². The lowest BCUT2D eigenvalue weighted by Gasteiger charge is -2.15. The number of aromatic hydroxyl groups is 1. The van der Waals surface area contributed by atoms with Crippen LogP contribution in [0.4, 0.5) is 4.39 Å². The molecule has 0 aliphatic carbocycles. The van der Waals surface area contributed by atoms with Gasteiger partial charge in [-0.25, -0.2) is 4.39 Å². The van der Waals surface area contributed by atoms with Crippen LogP contribution in [-0.2, 0) is 6.54 Å². The first-order valence-electron chi connectivity index (χ1n) is 5.89. The van der Waals surface area contributed by atoms with E-state index in [0.29, 0.717) is 6.54 Å². The van der Waals surface area contributed by atoms with Gasteiger partial charge in [-0.1, -0.05) is 0 Å². The normalized spacial score (nSPS) is 11.0. The summed E-state index contributed by atoms with van der Waals surface area (Å²) in [7, 11) is 1.81. The van der Waals surface area contributed by atoms with Crippen LogP contribution in [0.5, 0.6) is 5.75 Å². The van der Waals surface area contributed by atoms with E-state index in [1.165, 1.54) is 6.07 Å². The fourth-order valence-corrected chi connectivity index (χ4v) is 3.06. The quantitative estimate of drug-likeness (QED) is 0.830. The molecule has 0 radical (unpaired) electrons. The van der Waals surface area contributed by atoms with Gasteiger partial charge >= 0.3 is 0 Å². The Morgan fingerprint density at radius 2 is 2.20 bits per heavy atom. The lowest BCUT2D eigenvalue weighted by molar-refractivity contribution is 0.0940. The molecule has 0 aliphatic heterocycles. The van der Waals surface area contributed by atoms with Crippen LogP contribution in [0.25, 0.3) is 0 Å². The number of phenols is 1. The first-order chi connectivity index (χ1) is 9.45. The third-order valence-electron chi connectivity index (χ3n) is 2.75. The summed E-state index contributed by atoms with van der Waals surface area (Å²) >= 11 is 4.97. The first kappa shape index (κ1) is 15.2. The van der Waals surface area contributed by atoms with E-state index in [1.807, 2.05) is 16.3 Å². The minimum absolute atomic E-state index is 0.0170. The highest BCUT2D eigenvalue weighted by Crippen LogP contribution is 2.22. The molecule has 0 spiro atoms. The lowest BCUT2D eigenvalue weighted by atomic mass is 10.1. The molecule has 6 heteroatoms. The smallest absolute Gasteiger partial charge is 0.180 e. The number of rotatable bonds is 5. The summed E-state index contributed by atoms with van der Waals surface area (Å²) in [6, 6.07) is 5.37. The highest BCUT2D eigenvalue weighted by molar-refractivity contribution is 9.11. The van der Waals surface area contributed by atoms with E-state index in [-0.39, 0.29) is 23.6 Å². The number of carbonyl (C=O) groups is 1. The van der Waals surface area contributed by atoms with Crippen molar-refractivity contribution < 1.29 is 14.3 Å². The van der Waals surface area contributed by atoms with E-state index >= 15 is 0 Å². The summed E-state index contributed by atoms with van der Waals surface area (Å²) in [5.41, 5.74) is 1.11. The summed E-state index contributed by atoms with van der Waals surface area (Å²) in [6.07, 6.45) is 0. The van der Waals surface area contributed by atoms with Crippen LogP contribution in [0.3, 0.4) is 0 Å². The van der Waals surface area contributed by atoms with Gasteiger partial charge in [0.1, 0.15) is 11.6 Å². The van der Waals surface area contributed by atoms with Gasteiger partial charge in [0.25, 0.3) is 0 Å². The lowest BCUT2D eigenvalue weighted by Crippen LogP contribution is -2.25. The van der Waals surface area contributed by atoms with Crippen LogP contribution in [0.15, 0.2) is 33.4 Å². The van der Waals surface area contributed by atoms with Gasteiger partial charge in [0.15, 0.2) is 5.78 Å². The van der Waals surface area contributed by atoms with Crippen molar-refractivity contribution in [2.75, 3.05) is 13.6 Å². The van der Waals surface area contributed by atoms with Crippen LogP contribution < -0.4 is 0 Å². The molecule has 0 bridgehead atoms. The Morgan fingerprint density at radius 3 is 2.85 bits per heavy atom. The third kappa shape index (κ3) is 3.88. The maximum absolute atomic E-state index is 13.1. The van der Waals surface area contributed by atoms with Gasteiger partial charge in [0.05, 0.1) is 15.9 Å². The van der Waals surface area contributed by atoms with Gasteiger partial charge in [-0.05, 0) is 58.2 Å². The molecule has 1 aromatic carbocycles. The molecule has 1 aromatic heterocycles. The number of carbonyl (C=O) groups excluding carboxylic acids is 1. The van der Waals surface area contributed by atoms with E-state index < -0.39 is 5.82 Å². The number of likely N-dealkylation sites (N-methyl/N-ethyl adjacent to an activating group) is 1. The predicted molar refractivity (Wildman–Crippen MR) is 80.7 cm³/mol.